The van der Waals surface area contributed by atoms with Crippen molar-refractivity contribution in [2.24, 2.45) is 0 Å². The maximum absolute atomic E-state index is 11.7. The van der Waals surface area contributed by atoms with Crippen molar-refractivity contribution in [2.75, 3.05) is 20.3 Å². The molecule has 0 saturated heterocycles. The van der Waals surface area contributed by atoms with Crippen molar-refractivity contribution >= 4 is 45.2 Å². The zero-order valence-corrected chi connectivity index (χ0v) is 13.4. The molecular formula is C12H15BrN4O2S. The lowest BCUT2D eigenvalue weighted by Gasteiger charge is -2.05. The van der Waals surface area contributed by atoms with E-state index < -0.39 is 0 Å². The molecule has 0 fully saturated rings. The van der Waals surface area contributed by atoms with Crippen LogP contribution in [0.4, 0.5) is 0 Å². The SMILES string of the molecule is COCCNC(=O)CCn1c(=S)[nH]c2cc(Br)cnc21. The van der Waals surface area contributed by atoms with Crippen molar-refractivity contribution < 1.29 is 9.53 Å². The highest BCUT2D eigenvalue weighted by Crippen LogP contribution is 2.17. The number of imidazole rings is 1. The highest BCUT2D eigenvalue weighted by molar-refractivity contribution is 9.10. The summed E-state index contributed by atoms with van der Waals surface area (Å²) < 4.78 is 8.15. The third-order valence-electron chi connectivity index (χ3n) is 2.77. The first-order valence-corrected chi connectivity index (χ1v) is 7.31. The Labute approximate surface area is 129 Å². The summed E-state index contributed by atoms with van der Waals surface area (Å²) in [5.41, 5.74) is 1.60. The number of amides is 1. The summed E-state index contributed by atoms with van der Waals surface area (Å²) in [7, 11) is 1.60. The van der Waals surface area contributed by atoms with E-state index in [1.165, 1.54) is 0 Å². The highest BCUT2D eigenvalue weighted by Gasteiger charge is 2.08. The van der Waals surface area contributed by atoms with Crippen LogP contribution in [0.25, 0.3) is 11.2 Å². The summed E-state index contributed by atoms with van der Waals surface area (Å²) in [6, 6.07) is 1.91. The van der Waals surface area contributed by atoms with Gasteiger partial charge in [0.15, 0.2) is 10.4 Å². The van der Waals surface area contributed by atoms with E-state index >= 15 is 0 Å². The van der Waals surface area contributed by atoms with Gasteiger partial charge in [0.2, 0.25) is 5.91 Å². The molecule has 0 unspecified atom stereocenters. The summed E-state index contributed by atoms with van der Waals surface area (Å²) >= 11 is 8.62. The van der Waals surface area contributed by atoms with Crippen LogP contribution in [0.1, 0.15) is 6.42 Å². The minimum Gasteiger partial charge on any atom is -0.383 e. The Morgan fingerprint density at radius 3 is 3.20 bits per heavy atom. The first-order chi connectivity index (χ1) is 9.61. The van der Waals surface area contributed by atoms with E-state index in [1.807, 2.05) is 10.6 Å². The third-order valence-corrected chi connectivity index (χ3v) is 3.52. The first kappa shape index (κ1) is 15.1. The molecule has 0 spiro atoms. The molecular weight excluding hydrogens is 344 g/mol. The number of fused-ring (bicyclic) bond motifs is 1. The maximum Gasteiger partial charge on any atom is 0.221 e. The summed E-state index contributed by atoms with van der Waals surface area (Å²) in [6.45, 7) is 1.51. The topological polar surface area (TPSA) is 71.9 Å². The zero-order chi connectivity index (χ0) is 14.5. The lowest BCUT2D eigenvalue weighted by atomic mass is 10.4. The zero-order valence-electron chi connectivity index (χ0n) is 11.0. The monoisotopic (exact) mass is 358 g/mol. The minimum absolute atomic E-state index is 0.0320. The molecule has 0 aromatic carbocycles. The van der Waals surface area contributed by atoms with Gasteiger partial charge in [-0.05, 0) is 34.2 Å². The van der Waals surface area contributed by atoms with Gasteiger partial charge in [-0.3, -0.25) is 4.79 Å². The first-order valence-electron chi connectivity index (χ1n) is 6.11. The van der Waals surface area contributed by atoms with Crippen LogP contribution in [-0.2, 0) is 16.1 Å². The molecule has 2 heterocycles. The maximum atomic E-state index is 11.7. The molecule has 20 heavy (non-hydrogen) atoms. The van der Waals surface area contributed by atoms with Crippen LogP contribution in [0.2, 0.25) is 0 Å². The minimum atomic E-state index is -0.0320. The number of aryl methyl sites for hydroxylation is 1. The van der Waals surface area contributed by atoms with Gasteiger partial charge in [0.05, 0.1) is 12.1 Å². The Bertz CT molecular complexity index is 667. The molecule has 2 N–H and O–H groups in total. The number of ether oxygens (including phenoxy) is 1. The molecule has 0 aliphatic heterocycles. The van der Waals surface area contributed by atoms with Crippen LogP contribution in [0, 0.1) is 4.77 Å². The molecule has 0 atom stereocenters. The van der Waals surface area contributed by atoms with Crippen LogP contribution in [0.5, 0.6) is 0 Å². The quantitative estimate of drug-likeness (QED) is 0.611. The fourth-order valence-electron chi connectivity index (χ4n) is 1.82. The van der Waals surface area contributed by atoms with Crippen molar-refractivity contribution in [3.05, 3.63) is 21.5 Å². The van der Waals surface area contributed by atoms with E-state index in [4.69, 9.17) is 17.0 Å². The van der Waals surface area contributed by atoms with Crippen molar-refractivity contribution in [1.29, 1.82) is 0 Å². The Morgan fingerprint density at radius 1 is 1.65 bits per heavy atom. The van der Waals surface area contributed by atoms with Gasteiger partial charge in [0.1, 0.15) is 0 Å². The van der Waals surface area contributed by atoms with E-state index in [9.17, 15) is 4.79 Å². The molecule has 108 valence electrons. The Kier molecular flexibility index (Phi) is 5.27. The number of nitrogens with zero attached hydrogens (tertiary/aromatic N) is 2. The van der Waals surface area contributed by atoms with E-state index in [0.29, 0.717) is 30.9 Å². The molecule has 0 aliphatic carbocycles. The molecule has 0 bridgehead atoms. The number of H-pyrrole nitrogens is 1. The summed E-state index contributed by atoms with van der Waals surface area (Å²) in [5, 5.41) is 2.77. The normalized spacial score (nSPS) is 10.9. The van der Waals surface area contributed by atoms with Crippen LogP contribution in [-0.4, -0.2) is 40.7 Å². The van der Waals surface area contributed by atoms with Gasteiger partial charge >= 0.3 is 0 Å². The molecule has 0 radical (unpaired) electrons. The third kappa shape index (κ3) is 3.65. The Hall–Kier alpha value is -1.25. The largest absolute Gasteiger partial charge is 0.383 e. The molecule has 1 amide bonds. The van der Waals surface area contributed by atoms with Gasteiger partial charge in [0.25, 0.3) is 0 Å². The lowest BCUT2D eigenvalue weighted by molar-refractivity contribution is -0.121. The number of halogens is 1. The summed E-state index contributed by atoms with van der Waals surface area (Å²) in [5.74, 6) is -0.0320. The molecule has 8 heteroatoms. The fourth-order valence-corrected chi connectivity index (χ4v) is 2.44. The van der Waals surface area contributed by atoms with E-state index in [1.54, 1.807) is 13.3 Å². The Morgan fingerprint density at radius 2 is 2.45 bits per heavy atom. The second kappa shape index (κ2) is 6.96. The highest BCUT2D eigenvalue weighted by atomic mass is 79.9. The van der Waals surface area contributed by atoms with Crippen molar-refractivity contribution in [3.63, 3.8) is 0 Å². The predicted molar refractivity (Wildman–Crippen MR) is 82.1 cm³/mol. The van der Waals surface area contributed by atoms with Crippen LogP contribution >= 0.6 is 28.1 Å². The standard InChI is InChI=1S/C12H15BrN4O2S/c1-19-5-3-14-10(18)2-4-17-11-9(16-12(17)20)6-8(13)7-15-11/h6-7H,2-5H2,1H3,(H,14,18)(H,16,20). The van der Waals surface area contributed by atoms with E-state index in [-0.39, 0.29) is 5.91 Å². The molecule has 6 nitrogen and oxygen atoms in total. The number of methoxy groups -OCH3 is 1. The van der Waals surface area contributed by atoms with Crippen LogP contribution in [0.15, 0.2) is 16.7 Å². The van der Waals surface area contributed by atoms with E-state index in [0.717, 1.165) is 15.6 Å². The number of hydrogen-bond donors (Lipinski definition) is 2. The predicted octanol–water partition coefficient (Wildman–Crippen LogP) is 2.01. The average molecular weight is 359 g/mol. The number of aromatic nitrogens is 3. The summed E-state index contributed by atoms with van der Waals surface area (Å²) in [6.07, 6.45) is 2.06. The van der Waals surface area contributed by atoms with Gasteiger partial charge in [-0.15, -0.1) is 0 Å². The van der Waals surface area contributed by atoms with Crippen molar-refractivity contribution in [1.82, 2.24) is 19.9 Å². The number of rotatable bonds is 6. The second-order valence-corrected chi connectivity index (χ2v) is 5.50. The number of nitrogens with one attached hydrogen (secondary N) is 2. The van der Waals surface area contributed by atoms with Gasteiger partial charge in [-0.1, -0.05) is 0 Å². The average Bonchev–Trinajstić information content (AvgIpc) is 2.71. The van der Waals surface area contributed by atoms with Crippen LogP contribution in [0.3, 0.4) is 0 Å². The summed E-state index contributed by atoms with van der Waals surface area (Å²) in [4.78, 5) is 19.1. The van der Waals surface area contributed by atoms with Gasteiger partial charge in [-0.2, -0.15) is 0 Å². The number of carbonyl (C=O) groups excluding carboxylic acids is 1. The van der Waals surface area contributed by atoms with E-state index in [2.05, 4.69) is 31.2 Å². The number of aromatic amines is 1. The van der Waals surface area contributed by atoms with Gasteiger partial charge < -0.3 is 19.6 Å². The van der Waals surface area contributed by atoms with Gasteiger partial charge in [0, 0.05) is 37.3 Å². The molecule has 0 aliphatic rings. The number of pyridine rings is 1. The van der Waals surface area contributed by atoms with Crippen molar-refractivity contribution in [3.8, 4) is 0 Å². The molecule has 2 aromatic rings. The second-order valence-electron chi connectivity index (χ2n) is 4.20. The van der Waals surface area contributed by atoms with Gasteiger partial charge in [-0.25, -0.2) is 4.98 Å². The van der Waals surface area contributed by atoms with Crippen LogP contribution < -0.4 is 5.32 Å². The molecule has 2 aromatic heterocycles. The molecule has 2 rings (SSSR count). The lowest BCUT2D eigenvalue weighted by Crippen LogP contribution is -2.27. The number of hydrogen-bond acceptors (Lipinski definition) is 4. The number of carbonyl (C=O) groups is 1. The smallest absolute Gasteiger partial charge is 0.221 e. The fraction of sp³-hybridized carbons (Fsp3) is 0.417. The Balaban J connectivity index is 2.05. The van der Waals surface area contributed by atoms with Crippen molar-refractivity contribution in [2.45, 2.75) is 13.0 Å². The molecule has 0 saturated carbocycles.